The molecule has 144 valence electrons. The van der Waals surface area contributed by atoms with Crippen LogP contribution in [-0.4, -0.2) is 43.1 Å². The average Bonchev–Trinajstić information content (AvgIpc) is 2.52. The van der Waals surface area contributed by atoms with Crippen molar-refractivity contribution in [2.24, 2.45) is 0 Å². The topological polar surface area (TPSA) is 77.5 Å². The van der Waals surface area contributed by atoms with Gasteiger partial charge in [-0.1, -0.05) is 64.7 Å². The van der Waals surface area contributed by atoms with E-state index in [1.807, 2.05) is 0 Å². The largest absolute Gasteiger partial charge is 1.00 e. The maximum atomic E-state index is 11.9. The molecule has 0 saturated heterocycles. The van der Waals surface area contributed by atoms with E-state index >= 15 is 0 Å². The third-order valence-corrected chi connectivity index (χ3v) is 5.10. The normalized spacial score (nSPS) is 11.2. The molecule has 25 heavy (non-hydrogen) atoms. The van der Waals surface area contributed by atoms with Gasteiger partial charge in [0.2, 0.25) is 5.91 Å². The summed E-state index contributed by atoms with van der Waals surface area (Å²) in [4.78, 5) is 13.6. The number of hydrogen-bond donors (Lipinski definition) is 0. The summed E-state index contributed by atoms with van der Waals surface area (Å²) < 4.78 is 31.5. The Morgan fingerprint density at radius 1 is 0.840 bits per heavy atom. The molecule has 0 aromatic rings. The van der Waals surface area contributed by atoms with Gasteiger partial charge in [-0.3, -0.25) is 4.79 Å². The van der Waals surface area contributed by atoms with Gasteiger partial charge in [0.1, 0.15) is 0 Å². The Bertz CT molecular complexity index is 415. The van der Waals surface area contributed by atoms with Crippen molar-refractivity contribution in [1.29, 1.82) is 0 Å². The maximum Gasteiger partial charge on any atom is 1.00 e. The number of nitrogens with zero attached hydrogens (tertiary/aromatic N) is 1. The first-order valence-electron chi connectivity index (χ1n) is 9.54. The Hall–Kier alpha value is 0.380. The third-order valence-electron chi connectivity index (χ3n) is 4.31. The summed E-state index contributed by atoms with van der Waals surface area (Å²) in [7, 11) is -2.39. The van der Waals surface area contributed by atoms with Gasteiger partial charge in [-0.05, 0) is 19.3 Å². The van der Waals surface area contributed by atoms with Crippen molar-refractivity contribution in [2.45, 2.75) is 90.4 Å². The van der Waals surface area contributed by atoms with E-state index in [1.165, 1.54) is 51.4 Å². The number of amides is 1. The van der Waals surface area contributed by atoms with Crippen LogP contribution in [0, 0.1) is 0 Å². The Morgan fingerprint density at radius 2 is 1.32 bits per heavy atom. The Morgan fingerprint density at radius 3 is 1.80 bits per heavy atom. The number of rotatable bonds is 16. The molecular weight excluding hydrogens is 349 g/mol. The third kappa shape index (κ3) is 20.5. The smallest absolute Gasteiger partial charge is 0.748 e. The van der Waals surface area contributed by atoms with Crippen LogP contribution in [0.15, 0.2) is 0 Å². The van der Waals surface area contributed by atoms with Gasteiger partial charge >= 0.3 is 29.6 Å². The van der Waals surface area contributed by atoms with Crippen LogP contribution in [0.2, 0.25) is 0 Å². The fourth-order valence-corrected chi connectivity index (χ4v) is 3.26. The summed E-state index contributed by atoms with van der Waals surface area (Å²) >= 11 is 0. The zero-order chi connectivity index (χ0) is 18.3. The minimum absolute atomic E-state index is 0. The zero-order valence-electron chi connectivity index (χ0n) is 16.6. The molecule has 0 spiro atoms. The van der Waals surface area contributed by atoms with E-state index in [1.54, 1.807) is 11.9 Å². The van der Waals surface area contributed by atoms with E-state index < -0.39 is 10.1 Å². The number of carbonyl (C=O) groups is 1. The summed E-state index contributed by atoms with van der Waals surface area (Å²) in [5.74, 6) is -0.229. The minimum atomic E-state index is -4.13. The van der Waals surface area contributed by atoms with E-state index in [0.717, 1.165) is 12.8 Å². The van der Waals surface area contributed by atoms with Crippen LogP contribution in [0.3, 0.4) is 0 Å². The van der Waals surface area contributed by atoms with Crippen LogP contribution in [0.5, 0.6) is 0 Å². The monoisotopic (exact) mass is 385 g/mol. The van der Waals surface area contributed by atoms with Crippen LogP contribution in [0.25, 0.3) is 0 Å². The van der Waals surface area contributed by atoms with Gasteiger partial charge in [-0.2, -0.15) is 0 Å². The first-order valence-corrected chi connectivity index (χ1v) is 11.1. The second-order valence-corrected chi connectivity index (χ2v) is 8.24. The van der Waals surface area contributed by atoms with Gasteiger partial charge in [0.25, 0.3) is 0 Å². The van der Waals surface area contributed by atoms with E-state index in [2.05, 4.69) is 6.92 Å². The molecule has 7 heteroatoms. The van der Waals surface area contributed by atoms with Crippen molar-refractivity contribution < 1.29 is 47.3 Å². The number of unbranched alkanes of at least 4 members (excludes halogenated alkanes) is 10. The molecular formula is C18H36NNaO4S. The van der Waals surface area contributed by atoms with Crippen LogP contribution in [0.4, 0.5) is 0 Å². The molecule has 0 unspecified atom stereocenters. The first-order chi connectivity index (χ1) is 11.4. The molecule has 0 radical (unpaired) electrons. The molecule has 0 N–H and O–H groups in total. The van der Waals surface area contributed by atoms with Crippen molar-refractivity contribution in [3.8, 4) is 0 Å². The molecule has 0 aliphatic carbocycles. The molecule has 5 nitrogen and oxygen atoms in total. The van der Waals surface area contributed by atoms with Crippen molar-refractivity contribution in [3.05, 3.63) is 0 Å². The van der Waals surface area contributed by atoms with Crippen LogP contribution in [-0.2, 0) is 14.9 Å². The van der Waals surface area contributed by atoms with Crippen molar-refractivity contribution in [3.63, 3.8) is 0 Å². The van der Waals surface area contributed by atoms with Gasteiger partial charge in [0.15, 0.2) is 0 Å². The van der Waals surface area contributed by atoms with Gasteiger partial charge < -0.3 is 9.45 Å². The second kappa shape index (κ2) is 17.8. The van der Waals surface area contributed by atoms with Crippen LogP contribution < -0.4 is 29.6 Å². The molecule has 0 saturated carbocycles. The second-order valence-electron chi connectivity index (χ2n) is 6.72. The summed E-state index contributed by atoms with van der Waals surface area (Å²) in [6.07, 6.45) is 13.9. The Labute approximate surface area is 177 Å². The molecule has 0 aromatic heterocycles. The SMILES string of the molecule is CCCCCCCCCCCCC(=O)N(C)CCCCS(=O)(=O)[O-].[Na+]. The zero-order valence-corrected chi connectivity index (χ0v) is 19.4. The van der Waals surface area contributed by atoms with Crippen LogP contribution >= 0.6 is 0 Å². The number of hydrogen-bond acceptors (Lipinski definition) is 4. The van der Waals surface area contributed by atoms with E-state index in [-0.39, 0.29) is 41.2 Å². The Kier molecular flexibility index (Phi) is 19.6. The minimum Gasteiger partial charge on any atom is -0.748 e. The van der Waals surface area contributed by atoms with Gasteiger partial charge in [-0.15, -0.1) is 0 Å². The predicted molar refractivity (Wildman–Crippen MR) is 97.9 cm³/mol. The molecule has 0 aliphatic heterocycles. The summed E-state index contributed by atoms with van der Waals surface area (Å²) in [6.45, 7) is 2.75. The fourth-order valence-electron chi connectivity index (χ4n) is 2.71. The van der Waals surface area contributed by atoms with E-state index in [4.69, 9.17) is 0 Å². The predicted octanol–water partition coefficient (Wildman–Crippen LogP) is 1.09. The maximum absolute atomic E-state index is 11.9. The fraction of sp³-hybridized carbons (Fsp3) is 0.944. The molecule has 0 rings (SSSR count). The molecule has 1 amide bonds. The van der Waals surface area contributed by atoms with Crippen molar-refractivity contribution >= 4 is 16.0 Å². The van der Waals surface area contributed by atoms with E-state index in [9.17, 15) is 17.8 Å². The van der Waals surface area contributed by atoms with Crippen LogP contribution in [0.1, 0.15) is 90.4 Å². The Balaban J connectivity index is 0. The first kappa shape index (κ1) is 27.6. The molecule has 0 atom stereocenters. The summed E-state index contributed by atoms with van der Waals surface area (Å²) in [5, 5.41) is 0. The molecule has 0 aliphatic rings. The molecule has 0 aromatic carbocycles. The molecule has 0 heterocycles. The van der Waals surface area contributed by atoms with E-state index in [0.29, 0.717) is 25.8 Å². The van der Waals surface area contributed by atoms with Crippen molar-refractivity contribution in [2.75, 3.05) is 19.3 Å². The van der Waals surface area contributed by atoms with Gasteiger partial charge in [-0.25, -0.2) is 8.42 Å². The van der Waals surface area contributed by atoms with Gasteiger partial charge in [0, 0.05) is 25.8 Å². The van der Waals surface area contributed by atoms with Gasteiger partial charge in [0.05, 0.1) is 10.1 Å². The molecule has 0 fully saturated rings. The average molecular weight is 386 g/mol. The number of carbonyl (C=O) groups excluding carboxylic acids is 1. The standard InChI is InChI=1S/C18H37NO4S.Na/c1-3-4-5-6-7-8-9-10-11-12-15-18(20)19(2)16-13-14-17-24(21,22)23;/h3-17H2,1-2H3,(H,21,22,23);/q;+1/p-1. The quantitative estimate of drug-likeness (QED) is 0.226. The summed E-state index contributed by atoms with van der Waals surface area (Å²) in [5.41, 5.74) is 0. The van der Waals surface area contributed by atoms with Crippen molar-refractivity contribution in [1.82, 2.24) is 4.90 Å². The summed E-state index contributed by atoms with van der Waals surface area (Å²) in [6, 6.07) is 0. The molecule has 0 bridgehead atoms.